The van der Waals surface area contributed by atoms with Crippen molar-refractivity contribution >= 4 is 22.3 Å². The molecule has 0 aliphatic rings. The number of nitro benzene ring substituents is 1. The Labute approximate surface area is 160 Å². The third kappa shape index (κ3) is 3.33. The van der Waals surface area contributed by atoms with Crippen molar-refractivity contribution in [2.45, 2.75) is 6.04 Å². The fraction of sp³-hybridized carbons (Fsp3) is 0.0476. The van der Waals surface area contributed by atoms with Crippen LogP contribution in [0.4, 0.5) is 11.4 Å². The third-order valence-corrected chi connectivity index (χ3v) is 4.48. The summed E-state index contributed by atoms with van der Waals surface area (Å²) in [5.74, 6) is 0.0601. The summed E-state index contributed by atoms with van der Waals surface area (Å²) in [6.07, 6.45) is 4.98. The van der Waals surface area contributed by atoms with E-state index in [0.717, 1.165) is 10.9 Å². The predicted molar refractivity (Wildman–Crippen MR) is 106 cm³/mol. The molecule has 7 nitrogen and oxygen atoms in total. The highest BCUT2D eigenvalue weighted by Gasteiger charge is 2.21. The number of hydrogen-bond donors (Lipinski definition) is 2. The molecular formula is C21H16N4O3. The zero-order valence-corrected chi connectivity index (χ0v) is 14.7. The lowest BCUT2D eigenvalue weighted by Gasteiger charge is -2.22. The SMILES string of the molecule is O=[N+]([O-])c1cccc(NC(c2cccnc2)c2ccc3cccnc3c2O)c1. The number of pyridine rings is 2. The maximum absolute atomic E-state index is 11.1. The number of rotatable bonds is 5. The number of fused-ring (bicyclic) bond motifs is 1. The van der Waals surface area contributed by atoms with Crippen LogP contribution in [0.5, 0.6) is 5.75 Å². The van der Waals surface area contributed by atoms with Crippen LogP contribution in [0, 0.1) is 10.1 Å². The van der Waals surface area contributed by atoms with E-state index in [1.165, 1.54) is 12.1 Å². The third-order valence-electron chi connectivity index (χ3n) is 4.48. The van der Waals surface area contributed by atoms with Gasteiger partial charge in [0.25, 0.3) is 5.69 Å². The number of nitrogens with one attached hydrogen (secondary N) is 1. The van der Waals surface area contributed by atoms with Crippen LogP contribution >= 0.6 is 0 Å². The smallest absolute Gasteiger partial charge is 0.271 e. The first-order valence-electron chi connectivity index (χ1n) is 8.61. The van der Waals surface area contributed by atoms with Crippen LogP contribution in [0.3, 0.4) is 0 Å². The zero-order valence-electron chi connectivity index (χ0n) is 14.7. The molecule has 0 spiro atoms. The molecule has 0 radical (unpaired) electrons. The summed E-state index contributed by atoms with van der Waals surface area (Å²) in [5.41, 5.74) is 2.45. The van der Waals surface area contributed by atoms with E-state index in [4.69, 9.17) is 0 Å². The summed E-state index contributed by atoms with van der Waals surface area (Å²) in [6.45, 7) is 0. The summed E-state index contributed by atoms with van der Waals surface area (Å²) in [7, 11) is 0. The molecule has 0 aliphatic carbocycles. The Morgan fingerprint density at radius 2 is 1.89 bits per heavy atom. The van der Waals surface area contributed by atoms with Gasteiger partial charge in [-0.05, 0) is 23.8 Å². The monoisotopic (exact) mass is 372 g/mol. The van der Waals surface area contributed by atoms with Crippen molar-refractivity contribution in [2.75, 3.05) is 5.32 Å². The van der Waals surface area contributed by atoms with E-state index in [-0.39, 0.29) is 11.4 Å². The minimum Gasteiger partial charge on any atom is -0.505 e. The number of hydrogen-bond acceptors (Lipinski definition) is 6. The Morgan fingerprint density at radius 3 is 2.68 bits per heavy atom. The maximum atomic E-state index is 11.1. The number of aromatic nitrogens is 2. The molecule has 2 aromatic heterocycles. The lowest BCUT2D eigenvalue weighted by Crippen LogP contribution is -2.13. The van der Waals surface area contributed by atoms with Crippen LogP contribution in [-0.2, 0) is 0 Å². The van der Waals surface area contributed by atoms with Crippen LogP contribution in [0.2, 0.25) is 0 Å². The van der Waals surface area contributed by atoms with Gasteiger partial charge >= 0.3 is 0 Å². The fourth-order valence-electron chi connectivity index (χ4n) is 3.14. The first kappa shape index (κ1) is 17.4. The van der Waals surface area contributed by atoms with Crippen molar-refractivity contribution < 1.29 is 10.0 Å². The molecule has 2 heterocycles. The molecule has 28 heavy (non-hydrogen) atoms. The van der Waals surface area contributed by atoms with Crippen molar-refractivity contribution in [1.29, 1.82) is 0 Å². The van der Waals surface area contributed by atoms with Crippen LogP contribution in [0.15, 0.2) is 79.3 Å². The van der Waals surface area contributed by atoms with Gasteiger partial charge in [0.2, 0.25) is 0 Å². The van der Waals surface area contributed by atoms with Crippen molar-refractivity contribution in [2.24, 2.45) is 0 Å². The van der Waals surface area contributed by atoms with Gasteiger partial charge in [0.1, 0.15) is 11.3 Å². The van der Waals surface area contributed by atoms with E-state index in [9.17, 15) is 15.2 Å². The summed E-state index contributed by atoms with van der Waals surface area (Å²) < 4.78 is 0. The minimum atomic E-state index is -0.470. The quantitative estimate of drug-likeness (QED) is 0.397. The highest BCUT2D eigenvalue weighted by molar-refractivity contribution is 5.86. The van der Waals surface area contributed by atoms with E-state index >= 15 is 0 Å². The average Bonchev–Trinajstić information content (AvgIpc) is 2.74. The Balaban J connectivity index is 1.82. The van der Waals surface area contributed by atoms with Gasteiger partial charge in [0, 0.05) is 47.4 Å². The predicted octanol–water partition coefficient (Wildman–Crippen LogP) is 4.45. The molecule has 1 atom stereocenters. The molecule has 0 amide bonds. The molecule has 0 aliphatic heterocycles. The molecule has 0 bridgehead atoms. The Morgan fingerprint density at radius 1 is 1.04 bits per heavy atom. The normalized spacial score (nSPS) is 11.9. The van der Waals surface area contributed by atoms with E-state index in [2.05, 4.69) is 15.3 Å². The molecule has 0 fully saturated rings. The Bertz CT molecular complexity index is 1150. The van der Waals surface area contributed by atoms with Crippen molar-refractivity contribution in [3.63, 3.8) is 0 Å². The summed E-state index contributed by atoms with van der Waals surface area (Å²) in [4.78, 5) is 19.1. The summed E-state index contributed by atoms with van der Waals surface area (Å²) in [5, 5.41) is 26.1. The topological polar surface area (TPSA) is 101 Å². The lowest BCUT2D eigenvalue weighted by molar-refractivity contribution is -0.384. The average molecular weight is 372 g/mol. The molecule has 0 saturated heterocycles. The molecule has 2 N–H and O–H groups in total. The van der Waals surface area contributed by atoms with Gasteiger partial charge in [0.05, 0.1) is 11.0 Å². The maximum Gasteiger partial charge on any atom is 0.271 e. The molecule has 4 aromatic rings. The van der Waals surface area contributed by atoms with Crippen LogP contribution in [0.25, 0.3) is 10.9 Å². The van der Waals surface area contributed by atoms with Crippen molar-refractivity contribution in [3.8, 4) is 5.75 Å². The van der Waals surface area contributed by atoms with Gasteiger partial charge in [-0.1, -0.05) is 30.3 Å². The molecular weight excluding hydrogens is 356 g/mol. The number of benzene rings is 2. The standard InChI is InChI=1S/C21H16N4O3/c26-21-18(9-8-14-4-3-11-23-20(14)21)19(15-5-2-10-22-13-15)24-16-6-1-7-17(12-16)25(27)28/h1-13,19,24,26H. The second-order valence-electron chi connectivity index (χ2n) is 6.25. The highest BCUT2D eigenvalue weighted by Crippen LogP contribution is 2.36. The zero-order chi connectivity index (χ0) is 19.5. The first-order valence-corrected chi connectivity index (χ1v) is 8.61. The number of phenolic OH excluding ortho intramolecular Hbond substituents is 1. The number of anilines is 1. The number of phenols is 1. The lowest BCUT2D eigenvalue weighted by atomic mass is 9.97. The number of aromatic hydroxyl groups is 1. The second-order valence-corrected chi connectivity index (χ2v) is 6.25. The number of non-ortho nitro benzene ring substituents is 1. The van der Waals surface area contributed by atoms with E-state index in [1.807, 2.05) is 24.3 Å². The second kappa shape index (κ2) is 7.32. The molecule has 2 aromatic carbocycles. The van der Waals surface area contributed by atoms with Gasteiger partial charge in [-0.15, -0.1) is 0 Å². The largest absolute Gasteiger partial charge is 0.505 e. The Hall–Kier alpha value is -4.00. The van der Waals surface area contributed by atoms with Gasteiger partial charge in [-0.2, -0.15) is 0 Å². The van der Waals surface area contributed by atoms with Gasteiger partial charge in [-0.25, -0.2) is 0 Å². The number of nitrogens with zero attached hydrogens (tertiary/aromatic N) is 3. The minimum absolute atomic E-state index is 0.0145. The van der Waals surface area contributed by atoms with Crippen molar-refractivity contribution in [3.05, 3.63) is 100 Å². The fourth-order valence-corrected chi connectivity index (χ4v) is 3.14. The van der Waals surface area contributed by atoms with E-state index in [0.29, 0.717) is 16.8 Å². The summed E-state index contributed by atoms with van der Waals surface area (Å²) >= 11 is 0. The number of nitro groups is 1. The molecule has 0 saturated carbocycles. The van der Waals surface area contributed by atoms with E-state index in [1.54, 1.807) is 42.9 Å². The Kier molecular flexibility index (Phi) is 4.55. The van der Waals surface area contributed by atoms with Gasteiger partial charge in [-0.3, -0.25) is 20.1 Å². The molecule has 7 heteroatoms. The van der Waals surface area contributed by atoms with Gasteiger partial charge < -0.3 is 10.4 Å². The highest BCUT2D eigenvalue weighted by atomic mass is 16.6. The van der Waals surface area contributed by atoms with E-state index < -0.39 is 11.0 Å². The molecule has 4 rings (SSSR count). The molecule has 138 valence electrons. The summed E-state index contributed by atoms with van der Waals surface area (Å²) in [6, 6.07) is 16.8. The van der Waals surface area contributed by atoms with Gasteiger partial charge in [0.15, 0.2) is 0 Å². The van der Waals surface area contributed by atoms with Crippen LogP contribution < -0.4 is 5.32 Å². The van der Waals surface area contributed by atoms with Crippen LogP contribution in [0.1, 0.15) is 17.2 Å². The first-order chi connectivity index (χ1) is 13.6. The molecule has 1 unspecified atom stereocenters. The van der Waals surface area contributed by atoms with Crippen molar-refractivity contribution in [1.82, 2.24) is 9.97 Å². The van der Waals surface area contributed by atoms with Crippen LogP contribution in [-0.4, -0.2) is 20.0 Å².